The van der Waals surface area contributed by atoms with Gasteiger partial charge in [0.2, 0.25) is 0 Å². The first kappa shape index (κ1) is 15.1. The smallest absolute Gasteiger partial charge is 0.138 e. The molecule has 0 atom stereocenters. The van der Waals surface area contributed by atoms with Crippen molar-refractivity contribution in [3.05, 3.63) is 59.4 Å². The number of hydrogen-bond acceptors (Lipinski definition) is 4. The molecule has 1 aliphatic heterocycles. The lowest BCUT2D eigenvalue weighted by Gasteiger charge is -2.27. The van der Waals surface area contributed by atoms with E-state index in [0.717, 1.165) is 31.7 Å². The summed E-state index contributed by atoms with van der Waals surface area (Å²) in [5.74, 6) is 0.465. The number of nitrogens with zero attached hydrogens (tertiary/aromatic N) is 5. The van der Waals surface area contributed by atoms with Crippen LogP contribution in [0.4, 0.5) is 0 Å². The molecule has 0 saturated carbocycles. The minimum Gasteiger partial charge on any atom is -0.294 e. The molecule has 124 valence electrons. The van der Waals surface area contributed by atoms with E-state index in [2.05, 4.69) is 63.3 Å². The monoisotopic (exact) mass is 322 g/mol. The van der Waals surface area contributed by atoms with E-state index in [1.54, 1.807) is 17.3 Å². The number of hydrogen-bond donors (Lipinski definition) is 1. The number of aromatic nitrogens is 5. The molecule has 24 heavy (non-hydrogen) atoms. The maximum absolute atomic E-state index is 4.51. The van der Waals surface area contributed by atoms with Crippen LogP contribution in [0.2, 0.25) is 0 Å². The molecule has 4 rings (SSSR count). The highest BCUT2D eigenvalue weighted by atomic mass is 15.3. The second-order valence-corrected chi connectivity index (χ2v) is 6.69. The molecular formula is C18H22N6. The standard InChI is InChI=1S/C18H22N6/c1-13(2)18-16-10-23(8-7-17(16)21-22-18)9-14-3-5-15(6-4-14)24-12-19-11-20-24/h3-6,11-13H,7-10H2,1-2H3,(H,21,22). The molecule has 0 bridgehead atoms. The lowest BCUT2D eigenvalue weighted by Crippen LogP contribution is -2.30. The third-order valence-electron chi connectivity index (χ3n) is 4.62. The van der Waals surface area contributed by atoms with Crippen LogP contribution in [0.15, 0.2) is 36.9 Å². The predicted octanol–water partition coefficient (Wildman–Crippen LogP) is 2.67. The maximum atomic E-state index is 4.51. The van der Waals surface area contributed by atoms with Crippen molar-refractivity contribution in [3.8, 4) is 5.69 Å². The minimum atomic E-state index is 0.465. The molecule has 0 amide bonds. The van der Waals surface area contributed by atoms with Crippen molar-refractivity contribution in [2.75, 3.05) is 6.54 Å². The van der Waals surface area contributed by atoms with Crippen molar-refractivity contribution < 1.29 is 0 Å². The van der Waals surface area contributed by atoms with E-state index in [1.165, 1.54) is 22.5 Å². The predicted molar refractivity (Wildman–Crippen MR) is 91.9 cm³/mol. The number of benzene rings is 1. The first-order chi connectivity index (χ1) is 11.7. The summed E-state index contributed by atoms with van der Waals surface area (Å²) in [6.07, 6.45) is 4.32. The molecule has 3 aromatic rings. The van der Waals surface area contributed by atoms with Crippen LogP contribution in [-0.2, 0) is 19.5 Å². The van der Waals surface area contributed by atoms with E-state index in [1.807, 2.05) is 0 Å². The van der Waals surface area contributed by atoms with Gasteiger partial charge >= 0.3 is 0 Å². The highest BCUT2D eigenvalue weighted by Crippen LogP contribution is 2.26. The highest BCUT2D eigenvalue weighted by molar-refractivity contribution is 5.34. The Morgan fingerprint density at radius 2 is 2.04 bits per heavy atom. The summed E-state index contributed by atoms with van der Waals surface area (Å²) in [5.41, 5.74) is 6.29. The largest absolute Gasteiger partial charge is 0.294 e. The van der Waals surface area contributed by atoms with Gasteiger partial charge in [0.25, 0.3) is 0 Å². The van der Waals surface area contributed by atoms with Crippen molar-refractivity contribution >= 4 is 0 Å². The molecule has 0 aliphatic carbocycles. The van der Waals surface area contributed by atoms with Gasteiger partial charge in [0, 0.05) is 37.3 Å². The Balaban J connectivity index is 1.47. The first-order valence-electron chi connectivity index (χ1n) is 8.43. The Morgan fingerprint density at radius 1 is 1.21 bits per heavy atom. The fourth-order valence-electron chi connectivity index (χ4n) is 3.34. The van der Waals surface area contributed by atoms with Gasteiger partial charge in [-0.1, -0.05) is 26.0 Å². The van der Waals surface area contributed by atoms with Crippen LogP contribution >= 0.6 is 0 Å². The Hall–Kier alpha value is -2.47. The normalized spacial score (nSPS) is 15.0. The number of fused-ring (bicyclic) bond motifs is 1. The Morgan fingerprint density at radius 3 is 2.75 bits per heavy atom. The summed E-state index contributed by atoms with van der Waals surface area (Å²) in [6.45, 7) is 7.41. The Labute approximate surface area is 141 Å². The Bertz CT molecular complexity index is 801. The quantitative estimate of drug-likeness (QED) is 0.802. The van der Waals surface area contributed by atoms with Crippen molar-refractivity contribution in [2.24, 2.45) is 0 Å². The molecule has 0 spiro atoms. The molecule has 6 nitrogen and oxygen atoms in total. The van der Waals surface area contributed by atoms with Crippen LogP contribution in [0.1, 0.15) is 42.3 Å². The summed E-state index contributed by atoms with van der Waals surface area (Å²) in [4.78, 5) is 6.48. The zero-order valence-corrected chi connectivity index (χ0v) is 14.1. The molecule has 2 aromatic heterocycles. The molecule has 0 saturated heterocycles. The van der Waals surface area contributed by atoms with Crippen molar-refractivity contribution in [1.82, 2.24) is 29.9 Å². The van der Waals surface area contributed by atoms with Gasteiger partial charge in [-0.25, -0.2) is 9.67 Å². The first-order valence-corrected chi connectivity index (χ1v) is 8.43. The summed E-state index contributed by atoms with van der Waals surface area (Å²) in [7, 11) is 0. The van der Waals surface area contributed by atoms with E-state index in [4.69, 9.17) is 0 Å². The molecule has 6 heteroatoms. The van der Waals surface area contributed by atoms with Gasteiger partial charge in [-0.3, -0.25) is 10.00 Å². The summed E-state index contributed by atoms with van der Waals surface area (Å²) in [6, 6.07) is 8.53. The van der Waals surface area contributed by atoms with Gasteiger partial charge in [-0.05, 0) is 23.6 Å². The zero-order chi connectivity index (χ0) is 16.5. The molecule has 1 aliphatic rings. The average Bonchev–Trinajstić information content (AvgIpc) is 3.25. The third kappa shape index (κ3) is 2.85. The van der Waals surface area contributed by atoms with E-state index in [0.29, 0.717) is 5.92 Å². The minimum absolute atomic E-state index is 0.465. The van der Waals surface area contributed by atoms with Gasteiger partial charge in [0.05, 0.1) is 11.4 Å². The molecule has 1 N–H and O–H groups in total. The molecule has 3 heterocycles. The number of rotatable bonds is 4. The van der Waals surface area contributed by atoms with E-state index < -0.39 is 0 Å². The second kappa shape index (κ2) is 6.20. The van der Waals surface area contributed by atoms with Crippen LogP contribution in [0.5, 0.6) is 0 Å². The number of aromatic amines is 1. The van der Waals surface area contributed by atoms with Gasteiger partial charge in [0.15, 0.2) is 0 Å². The van der Waals surface area contributed by atoms with Crippen LogP contribution in [-0.4, -0.2) is 36.4 Å². The van der Waals surface area contributed by atoms with Crippen molar-refractivity contribution in [2.45, 2.75) is 39.3 Å². The molecule has 0 radical (unpaired) electrons. The van der Waals surface area contributed by atoms with E-state index in [-0.39, 0.29) is 0 Å². The van der Waals surface area contributed by atoms with E-state index >= 15 is 0 Å². The number of H-pyrrole nitrogens is 1. The molecule has 1 aromatic carbocycles. The van der Waals surface area contributed by atoms with Crippen molar-refractivity contribution in [3.63, 3.8) is 0 Å². The summed E-state index contributed by atoms with van der Waals surface area (Å²) in [5, 5.41) is 11.9. The summed E-state index contributed by atoms with van der Waals surface area (Å²) < 4.78 is 1.78. The fourth-order valence-corrected chi connectivity index (χ4v) is 3.34. The van der Waals surface area contributed by atoms with Gasteiger partial charge in [0.1, 0.15) is 12.7 Å². The lowest BCUT2D eigenvalue weighted by molar-refractivity contribution is 0.243. The van der Waals surface area contributed by atoms with Crippen LogP contribution < -0.4 is 0 Å². The highest BCUT2D eigenvalue weighted by Gasteiger charge is 2.23. The molecule has 0 fully saturated rings. The topological polar surface area (TPSA) is 62.6 Å². The third-order valence-corrected chi connectivity index (χ3v) is 4.62. The molecule has 0 unspecified atom stereocenters. The number of nitrogens with one attached hydrogen (secondary N) is 1. The van der Waals surface area contributed by atoms with Gasteiger partial charge in [-0.15, -0.1) is 0 Å². The Kier molecular flexibility index (Phi) is 3.90. The SMILES string of the molecule is CC(C)c1n[nH]c2c1CN(Cc1ccc(-n3cncn3)cc1)CC2. The van der Waals surface area contributed by atoms with Crippen LogP contribution in [0, 0.1) is 0 Å². The van der Waals surface area contributed by atoms with Crippen molar-refractivity contribution in [1.29, 1.82) is 0 Å². The lowest BCUT2D eigenvalue weighted by atomic mass is 9.99. The van der Waals surface area contributed by atoms with Crippen LogP contribution in [0.3, 0.4) is 0 Å². The second-order valence-electron chi connectivity index (χ2n) is 6.69. The molecular weight excluding hydrogens is 300 g/mol. The average molecular weight is 322 g/mol. The van der Waals surface area contributed by atoms with Gasteiger partial charge < -0.3 is 0 Å². The maximum Gasteiger partial charge on any atom is 0.138 e. The van der Waals surface area contributed by atoms with E-state index in [9.17, 15) is 0 Å². The van der Waals surface area contributed by atoms with Gasteiger partial charge in [-0.2, -0.15) is 10.2 Å². The fraction of sp³-hybridized carbons (Fsp3) is 0.389. The summed E-state index contributed by atoms with van der Waals surface area (Å²) >= 11 is 0. The van der Waals surface area contributed by atoms with Crippen LogP contribution in [0.25, 0.3) is 5.69 Å². The zero-order valence-electron chi connectivity index (χ0n) is 14.1.